The van der Waals surface area contributed by atoms with Crippen molar-refractivity contribution in [3.05, 3.63) is 56.4 Å². The lowest BCUT2D eigenvalue weighted by Gasteiger charge is -2.15. The van der Waals surface area contributed by atoms with Crippen LogP contribution in [0.1, 0.15) is 23.0 Å². The van der Waals surface area contributed by atoms with Crippen LogP contribution in [-0.2, 0) is 6.18 Å². The number of aliphatic hydroxyl groups is 1. The Bertz CT molecular complexity index is 573. The number of rotatable bonds is 2. The molecular weight excluding hydrogens is 393 g/mol. The van der Waals surface area contributed by atoms with Gasteiger partial charge in [0.2, 0.25) is 0 Å². The molecule has 0 aliphatic carbocycles. The highest BCUT2D eigenvalue weighted by molar-refractivity contribution is 9.13. The van der Waals surface area contributed by atoms with Crippen molar-refractivity contribution in [1.29, 1.82) is 0 Å². The molecular formula is C12H7Br2F3O2. The lowest BCUT2D eigenvalue weighted by Crippen LogP contribution is -2.12. The summed E-state index contributed by atoms with van der Waals surface area (Å²) in [6.45, 7) is 0. The van der Waals surface area contributed by atoms with Crippen molar-refractivity contribution in [2.45, 2.75) is 12.3 Å². The van der Waals surface area contributed by atoms with E-state index in [0.717, 1.165) is 6.07 Å². The predicted molar refractivity (Wildman–Crippen MR) is 69.6 cm³/mol. The van der Waals surface area contributed by atoms with Gasteiger partial charge in [-0.25, -0.2) is 0 Å². The first kappa shape index (κ1) is 14.6. The molecule has 0 radical (unpaired) electrons. The van der Waals surface area contributed by atoms with Crippen LogP contribution in [0.4, 0.5) is 13.2 Å². The number of alkyl halides is 3. The van der Waals surface area contributed by atoms with E-state index in [9.17, 15) is 18.3 Å². The first-order valence-electron chi connectivity index (χ1n) is 5.09. The highest BCUT2D eigenvalue weighted by Gasteiger charge is 2.35. The molecule has 1 N–H and O–H groups in total. The third kappa shape index (κ3) is 3.04. The monoisotopic (exact) mass is 398 g/mol. The Hall–Kier alpha value is -0.790. The van der Waals surface area contributed by atoms with Crippen molar-refractivity contribution >= 4 is 31.9 Å². The topological polar surface area (TPSA) is 33.4 Å². The number of aliphatic hydroxyl groups excluding tert-OH is 1. The van der Waals surface area contributed by atoms with Gasteiger partial charge >= 0.3 is 6.18 Å². The third-order valence-corrected chi connectivity index (χ3v) is 4.20. The van der Waals surface area contributed by atoms with Crippen LogP contribution in [0, 0.1) is 0 Å². The molecule has 0 aliphatic heterocycles. The van der Waals surface area contributed by atoms with Crippen LogP contribution in [0.15, 0.2) is 43.9 Å². The molecule has 2 rings (SSSR count). The Morgan fingerprint density at radius 2 is 1.79 bits per heavy atom. The minimum Gasteiger partial charge on any atom is -0.450 e. The van der Waals surface area contributed by atoms with Gasteiger partial charge in [0.1, 0.15) is 11.9 Å². The summed E-state index contributed by atoms with van der Waals surface area (Å²) in [5, 5.41) is 10.0. The Morgan fingerprint density at radius 1 is 1.16 bits per heavy atom. The van der Waals surface area contributed by atoms with Gasteiger partial charge in [0.25, 0.3) is 0 Å². The Balaban J connectivity index is 2.47. The lowest BCUT2D eigenvalue weighted by atomic mass is 10.0. The summed E-state index contributed by atoms with van der Waals surface area (Å²) in [7, 11) is 0. The Morgan fingerprint density at radius 3 is 2.32 bits per heavy atom. The second-order valence-electron chi connectivity index (χ2n) is 3.76. The first-order valence-corrected chi connectivity index (χ1v) is 6.68. The molecule has 1 aromatic heterocycles. The molecule has 0 saturated carbocycles. The SMILES string of the molecule is OC(c1cc(Br)c(Br)o1)c1ccccc1C(F)(F)F. The van der Waals surface area contributed by atoms with Gasteiger partial charge in [0.05, 0.1) is 10.0 Å². The van der Waals surface area contributed by atoms with Gasteiger partial charge in [-0.1, -0.05) is 18.2 Å². The number of hydrogen-bond donors (Lipinski definition) is 1. The van der Waals surface area contributed by atoms with Crippen LogP contribution < -0.4 is 0 Å². The molecule has 0 aliphatic rings. The van der Waals surface area contributed by atoms with Gasteiger partial charge < -0.3 is 9.52 Å². The zero-order valence-electron chi connectivity index (χ0n) is 9.21. The summed E-state index contributed by atoms with van der Waals surface area (Å²) >= 11 is 6.21. The number of benzene rings is 1. The number of halogens is 5. The molecule has 1 heterocycles. The molecule has 0 amide bonds. The Labute approximate surface area is 123 Å². The Kier molecular flexibility index (Phi) is 4.08. The molecule has 0 spiro atoms. The molecule has 1 unspecified atom stereocenters. The van der Waals surface area contributed by atoms with E-state index in [-0.39, 0.29) is 11.3 Å². The summed E-state index contributed by atoms with van der Waals surface area (Å²) in [5.74, 6) is 0.0236. The fourth-order valence-electron chi connectivity index (χ4n) is 1.64. The van der Waals surface area contributed by atoms with E-state index in [1.807, 2.05) is 0 Å². The van der Waals surface area contributed by atoms with Crippen molar-refractivity contribution in [1.82, 2.24) is 0 Å². The molecule has 2 aromatic rings. The maximum atomic E-state index is 12.8. The predicted octanol–water partition coefficient (Wildman–Crippen LogP) is 4.91. The smallest absolute Gasteiger partial charge is 0.416 e. The average molecular weight is 400 g/mol. The normalized spacial score (nSPS) is 13.6. The maximum absolute atomic E-state index is 12.8. The van der Waals surface area contributed by atoms with E-state index in [1.165, 1.54) is 24.3 Å². The van der Waals surface area contributed by atoms with Crippen molar-refractivity contribution in [3.63, 3.8) is 0 Å². The second kappa shape index (κ2) is 5.30. The molecule has 0 bridgehead atoms. The van der Waals surface area contributed by atoms with Gasteiger partial charge in [-0.2, -0.15) is 13.2 Å². The van der Waals surface area contributed by atoms with Gasteiger partial charge in [0.15, 0.2) is 4.67 Å². The lowest BCUT2D eigenvalue weighted by molar-refractivity contribution is -0.139. The molecule has 19 heavy (non-hydrogen) atoms. The second-order valence-corrected chi connectivity index (χ2v) is 5.33. The highest BCUT2D eigenvalue weighted by Crippen LogP contribution is 2.38. The van der Waals surface area contributed by atoms with E-state index in [2.05, 4.69) is 31.9 Å². The summed E-state index contributed by atoms with van der Waals surface area (Å²) in [4.78, 5) is 0. The van der Waals surface area contributed by atoms with E-state index in [4.69, 9.17) is 4.42 Å². The van der Waals surface area contributed by atoms with Crippen LogP contribution in [0.3, 0.4) is 0 Å². The van der Waals surface area contributed by atoms with E-state index in [1.54, 1.807) is 0 Å². The largest absolute Gasteiger partial charge is 0.450 e. The molecule has 0 fully saturated rings. The summed E-state index contributed by atoms with van der Waals surface area (Å²) in [6.07, 6.45) is -6.01. The van der Waals surface area contributed by atoms with Crippen LogP contribution in [0.5, 0.6) is 0 Å². The summed E-state index contributed by atoms with van der Waals surface area (Å²) in [5.41, 5.74) is -1.13. The summed E-state index contributed by atoms with van der Waals surface area (Å²) in [6, 6.07) is 6.26. The van der Waals surface area contributed by atoms with Gasteiger partial charge in [-0.15, -0.1) is 0 Å². The fourth-order valence-corrected chi connectivity index (χ4v) is 2.25. The van der Waals surface area contributed by atoms with Crippen LogP contribution in [0.25, 0.3) is 0 Å². The minimum absolute atomic E-state index is 0.0236. The molecule has 0 saturated heterocycles. The minimum atomic E-state index is -4.53. The molecule has 7 heteroatoms. The zero-order valence-corrected chi connectivity index (χ0v) is 12.4. The molecule has 102 valence electrons. The van der Waals surface area contributed by atoms with E-state index in [0.29, 0.717) is 9.14 Å². The summed E-state index contributed by atoms with van der Waals surface area (Å²) < 4.78 is 44.5. The van der Waals surface area contributed by atoms with Crippen LogP contribution in [0.2, 0.25) is 0 Å². The van der Waals surface area contributed by atoms with Crippen molar-refractivity contribution in [3.8, 4) is 0 Å². The standard InChI is InChI=1S/C12H7Br2F3O2/c13-8-5-9(19-11(8)14)10(18)6-3-1-2-4-7(6)12(15,16)17/h1-5,10,18H. The van der Waals surface area contributed by atoms with E-state index >= 15 is 0 Å². The van der Waals surface area contributed by atoms with Gasteiger partial charge in [0, 0.05) is 5.56 Å². The third-order valence-electron chi connectivity index (χ3n) is 2.49. The fraction of sp³-hybridized carbons (Fsp3) is 0.167. The average Bonchev–Trinajstić information content (AvgIpc) is 2.68. The van der Waals surface area contributed by atoms with Gasteiger partial charge in [-0.3, -0.25) is 0 Å². The van der Waals surface area contributed by atoms with Crippen LogP contribution >= 0.6 is 31.9 Å². The van der Waals surface area contributed by atoms with Crippen molar-refractivity contribution in [2.24, 2.45) is 0 Å². The quantitative estimate of drug-likeness (QED) is 0.778. The molecule has 1 aromatic carbocycles. The molecule has 1 atom stereocenters. The molecule has 2 nitrogen and oxygen atoms in total. The highest BCUT2D eigenvalue weighted by atomic mass is 79.9. The van der Waals surface area contributed by atoms with Crippen LogP contribution in [-0.4, -0.2) is 5.11 Å². The zero-order chi connectivity index (χ0) is 14.2. The van der Waals surface area contributed by atoms with Gasteiger partial charge in [-0.05, 0) is 44.0 Å². The van der Waals surface area contributed by atoms with E-state index < -0.39 is 17.8 Å². The maximum Gasteiger partial charge on any atom is 0.416 e. The van der Waals surface area contributed by atoms with Crippen molar-refractivity contribution < 1.29 is 22.7 Å². The number of hydrogen-bond acceptors (Lipinski definition) is 2. The van der Waals surface area contributed by atoms with Crippen molar-refractivity contribution in [2.75, 3.05) is 0 Å². The first-order chi connectivity index (χ1) is 8.80. The number of furan rings is 1.